The van der Waals surface area contributed by atoms with Gasteiger partial charge < -0.3 is 51.5 Å². The van der Waals surface area contributed by atoms with Crippen LogP contribution in [0.2, 0.25) is 36.3 Å². The Morgan fingerprint density at radius 1 is 0.586 bits per heavy atom. The van der Waals surface area contributed by atoms with Gasteiger partial charge in [-0.05, 0) is 131 Å². The van der Waals surface area contributed by atoms with E-state index in [0.717, 1.165) is 28.9 Å². The summed E-state index contributed by atoms with van der Waals surface area (Å²) in [6.45, 7) is 43.8. The van der Waals surface area contributed by atoms with Gasteiger partial charge in [0.1, 0.15) is 42.2 Å². The summed E-state index contributed by atoms with van der Waals surface area (Å²) in [5.74, 6) is 0.585. The van der Waals surface area contributed by atoms with Crippen LogP contribution in [0.4, 0.5) is 0 Å². The van der Waals surface area contributed by atoms with Crippen molar-refractivity contribution < 1.29 is 51.5 Å². The van der Waals surface area contributed by atoms with Crippen molar-refractivity contribution in [2.24, 2.45) is 11.8 Å². The molecule has 0 N–H and O–H groups in total. The summed E-state index contributed by atoms with van der Waals surface area (Å²) in [5.41, 5.74) is 2.10. The minimum absolute atomic E-state index is 0.0670. The van der Waals surface area contributed by atoms with E-state index < -0.39 is 34.3 Å². The number of rotatable bonds is 24. The second-order valence-corrected chi connectivity index (χ2v) is 32.6. The average Bonchev–Trinajstić information content (AvgIpc) is 3.75. The second-order valence-electron chi connectivity index (χ2n) is 23.1. The first-order valence-corrected chi connectivity index (χ1v) is 31.2. The predicted octanol–water partition coefficient (Wildman–Crippen LogP) is 13.6. The molecular weight excluding hydrogens is 917 g/mol. The molecule has 2 aliphatic rings. The predicted molar refractivity (Wildman–Crippen MR) is 288 cm³/mol. The molecule has 0 aliphatic carbocycles. The number of methoxy groups -OCH3 is 2. The maximum atomic E-state index is 11.3. The number of ether oxygens (including phenoxy) is 8. The molecule has 2 heterocycles. The molecule has 2 fully saturated rings. The van der Waals surface area contributed by atoms with E-state index in [2.05, 4.69) is 120 Å². The minimum Gasteiger partial charge on any atom is -0.497 e. The highest BCUT2D eigenvalue weighted by Gasteiger charge is 2.46. The van der Waals surface area contributed by atoms with Crippen LogP contribution >= 0.6 is 0 Å². The lowest BCUT2D eigenvalue weighted by Crippen LogP contribution is -2.44. The third-order valence-electron chi connectivity index (χ3n) is 14.3. The highest BCUT2D eigenvalue weighted by Crippen LogP contribution is 2.40. The molecule has 0 amide bonds. The largest absolute Gasteiger partial charge is 0.497 e. The van der Waals surface area contributed by atoms with Crippen molar-refractivity contribution in [1.82, 2.24) is 0 Å². The molecule has 396 valence electrons. The third kappa shape index (κ3) is 18.8. The molecule has 4 rings (SSSR count). The van der Waals surface area contributed by atoms with Crippen LogP contribution in [0.5, 0.6) is 11.5 Å². The monoisotopic (exact) mass is 1010 g/mol. The van der Waals surface area contributed by atoms with Gasteiger partial charge in [0.05, 0.1) is 39.6 Å². The maximum absolute atomic E-state index is 11.3. The summed E-state index contributed by atoms with van der Waals surface area (Å²) in [6, 6.07) is 15.7. The molecule has 0 aromatic heterocycles. The number of carbonyl (C=O) groups excluding carboxylic acids is 1. The highest BCUT2D eigenvalue weighted by atomic mass is 28.4. The van der Waals surface area contributed by atoms with E-state index in [9.17, 15) is 4.79 Å². The van der Waals surface area contributed by atoms with Crippen LogP contribution in [0, 0.1) is 11.8 Å². The molecule has 0 spiro atoms. The third-order valence-corrected chi connectivity index (χ3v) is 23.4. The van der Waals surface area contributed by atoms with Gasteiger partial charge in [-0.2, -0.15) is 0 Å². The molecule has 2 aromatic carbocycles. The number of carbonyl (C=O) groups is 1. The lowest BCUT2D eigenvalue weighted by atomic mass is 10.0. The highest BCUT2D eigenvalue weighted by molar-refractivity contribution is 6.74. The number of hydrogen-bond donors (Lipinski definition) is 0. The van der Waals surface area contributed by atoms with Crippen molar-refractivity contribution in [3.8, 4) is 11.5 Å². The maximum Gasteiger partial charge on any atom is 0.192 e. The number of aldehydes is 1. The first kappa shape index (κ1) is 61.3. The Hall–Kier alpha value is -2.96. The first-order valence-electron chi connectivity index (χ1n) is 25.3. The van der Waals surface area contributed by atoms with Crippen molar-refractivity contribution in [2.75, 3.05) is 14.2 Å². The van der Waals surface area contributed by atoms with Crippen LogP contribution in [-0.4, -0.2) is 97.5 Å². The fourth-order valence-corrected chi connectivity index (χ4v) is 10.6. The van der Waals surface area contributed by atoms with E-state index in [-0.39, 0.29) is 71.1 Å². The van der Waals surface area contributed by atoms with Gasteiger partial charge in [-0.25, -0.2) is 0 Å². The van der Waals surface area contributed by atoms with Crippen LogP contribution in [0.1, 0.15) is 121 Å². The second kappa shape index (κ2) is 26.3. The molecule has 2 aromatic rings. The van der Waals surface area contributed by atoms with Crippen LogP contribution in [-0.2, 0) is 55.3 Å². The molecule has 10 atom stereocenters. The van der Waals surface area contributed by atoms with E-state index >= 15 is 0 Å². The Kier molecular flexibility index (Phi) is 23.1. The van der Waals surface area contributed by atoms with Crippen LogP contribution in [0.15, 0.2) is 85.5 Å². The van der Waals surface area contributed by atoms with Crippen molar-refractivity contribution >= 4 is 22.9 Å². The van der Waals surface area contributed by atoms with Gasteiger partial charge in [0.2, 0.25) is 0 Å². The average molecular weight is 1010 g/mol. The van der Waals surface area contributed by atoms with Crippen molar-refractivity contribution in [2.45, 2.75) is 220 Å². The standard InChI is InChI=1S/C29H48O5Si.C28H46O6Si/c1-12-13-26-27(33-29(7,8)32-26)25(31-20-23-15-17-24(30-9)18-16-23)19-14-21(2)22(3)34-35(10,11)28(4,5)6;1-20(21(2)34-35(9,10)27(3,4)5)11-16-24(26-25(17-18-29)32-28(6,7)33-26)31-19-22-12-14-23(30-8)15-13-22/h12,14-19,21-22,25-27H,1,13,20H2,2-11H3;11-16,18,20-21,24-26H,17,19H2,1-10H3/b19-14-;16-11-/t21-,22+,25?,26+,27-;20-,21+,24?,25+,26-/m11/s1. The van der Waals surface area contributed by atoms with Crippen molar-refractivity contribution in [3.05, 3.63) is 96.6 Å². The van der Waals surface area contributed by atoms with Crippen LogP contribution in [0.3, 0.4) is 0 Å². The molecule has 2 saturated heterocycles. The van der Waals surface area contributed by atoms with E-state index in [1.54, 1.807) is 14.2 Å². The molecule has 0 bridgehead atoms. The fraction of sp³-hybridized carbons (Fsp3) is 0.667. The number of hydrogen-bond acceptors (Lipinski definition) is 11. The summed E-state index contributed by atoms with van der Waals surface area (Å²) in [4.78, 5) is 11.3. The zero-order valence-electron chi connectivity index (χ0n) is 46.9. The van der Waals surface area contributed by atoms with E-state index in [1.807, 2.05) is 88.4 Å². The van der Waals surface area contributed by atoms with E-state index in [1.165, 1.54) is 0 Å². The van der Waals surface area contributed by atoms with Gasteiger partial charge in [0, 0.05) is 18.6 Å². The zero-order valence-corrected chi connectivity index (χ0v) is 48.9. The number of benzene rings is 2. The van der Waals surface area contributed by atoms with E-state index in [0.29, 0.717) is 19.6 Å². The summed E-state index contributed by atoms with van der Waals surface area (Å²) >= 11 is 0. The molecule has 2 aliphatic heterocycles. The summed E-state index contributed by atoms with van der Waals surface area (Å²) < 4.78 is 61.3. The Balaban J connectivity index is 0.000000370. The van der Waals surface area contributed by atoms with Crippen LogP contribution < -0.4 is 9.47 Å². The molecule has 13 heteroatoms. The van der Waals surface area contributed by atoms with E-state index in [4.69, 9.17) is 46.7 Å². The molecule has 70 heavy (non-hydrogen) atoms. The molecule has 11 nitrogen and oxygen atoms in total. The van der Waals surface area contributed by atoms with Gasteiger partial charge in [0.15, 0.2) is 28.2 Å². The lowest BCUT2D eigenvalue weighted by molar-refractivity contribution is -0.157. The van der Waals surface area contributed by atoms with Gasteiger partial charge in [-0.15, -0.1) is 6.58 Å². The van der Waals surface area contributed by atoms with Gasteiger partial charge >= 0.3 is 0 Å². The van der Waals surface area contributed by atoms with Crippen molar-refractivity contribution in [1.29, 1.82) is 0 Å². The normalized spacial score (nSPS) is 23.3. The Morgan fingerprint density at radius 3 is 1.23 bits per heavy atom. The summed E-state index contributed by atoms with van der Waals surface area (Å²) in [6.07, 6.45) is 10.6. The smallest absolute Gasteiger partial charge is 0.192 e. The molecule has 2 unspecified atom stereocenters. The zero-order chi connectivity index (χ0) is 52.9. The summed E-state index contributed by atoms with van der Waals surface area (Å²) in [7, 11) is -0.414. The van der Waals surface area contributed by atoms with Crippen LogP contribution in [0.25, 0.3) is 0 Å². The van der Waals surface area contributed by atoms with Gasteiger partial charge in [-0.3, -0.25) is 0 Å². The topological polar surface area (TPSA) is 109 Å². The fourth-order valence-electron chi connectivity index (χ4n) is 7.64. The summed E-state index contributed by atoms with van der Waals surface area (Å²) in [5, 5.41) is 0.324. The SMILES string of the molecule is C=CC[C@@H]1OC(C)(C)O[C@@H]1C(/C=C\[C@@H](C)[C@H](C)O[Si](C)(C)C(C)(C)C)OCc1ccc(OC)cc1.COc1ccc(COC(/C=C\[C@@H](C)[C@H](C)O[Si](C)(C)C(C)(C)C)[C@H]2OC(C)(C)O[C@H]2CC=O)cc1. The first-order chi connectivity index (χ1) is 32.4. The quantitative estimate of drug-likeness (QED) is 0.0570. The van der Waals surface area contributed by atoms with Gasteiger partial charge in [0.25, 0.3) is 0 Å². The Morgan fingerprint density at radius 2 is 0.929 bits per heavy atom. The Bertz CT molecular complexity index is 1790. The van der Waals surface area contributed by atoms with Gasteiger partial charge in [-0.1, -0.05) is 110 Å². The molecule has 0 saturated carbocycles. The van der Waals surface area contributed by atoms with Crippen molar-refractivity contribution in [3.63, 3.8) is 0 Å². The minimum atomic E-state index is -1.88. The lowest BCUT2D eigenvalue weighted by Gasteiger charge is -2.39. The molecule has 0 radical (unpaired) electrons. The Labute approximate surface area is 426 Å². The molecular formula is C57H94O11Si2.